The Morgan fingerprint density at radius 3 is 1.64 bits per heavy atom. The summed E-state index contributed by atoms with van der Waals surface area (Å²) in [5, 5.41) is 3.70. The summed E-state index contributed by atoms with van der Waals surface area (Å²) < 4.78 is 13.9. The van der Waals surface area contributed by atoms with E-state index in [-0.39, 0.29) is 5.82 Å². The molecule has 0 nitrogen and oxygen atoms in total. The smallest absolute Gasteiger partial charge is 0.123 e. The van der Waals surface area contributed by atoms with Crippen LogP contribution in [0.5, 0.6) is 0 Å². The van der Waals surface area contributed by atoms with Crippen LogP contribution in [0.2, 0.25) is 0 Å². The Morgan fingerprint density at radius 1 is 0.682 bits per heavy atom. The molecule has 0 aliphatic rings. The van der Waals surface area contributed by atoms with Crippen molar-refractivity contribution in [3.63, 3.8) is 0 Å². The molecule has 3 rings (SSSR count). The molecule has 0 amide bonds. The second-order valence-electron chi connectivity index (χ2n) is 5.28. The quantitative estimate of drug-likeness (QED) is 0.635. The predicted molar refractivity (Wildman–Crippen MR) is 95.6 cm³/mol. The van der Waals surface area contributed by atoms with Crippen LogP contribution in [0.3, 0.4) is 0 Å². The number of hydrogen-bond donors (Lipinski definition) is 0. The van der Waals surface area contributed by atoms with Crippen molar-refractivity contribution in [1.29, 1.82) is 0 Å². The molecule has 0 fully saturated rings. The number of halogens is 1. The summed E-state index contributed by atoms with van der Waals surface area (Å²) in [6.45, 7) is 2.21. The van der Waals surface area contributed by atoms with Crippen LogP contribution in [0.4, 0.5) is 4.39 Å². The molecule has 111 valence electrons. The largest absolute Gasteiger partial charge is 0.207 e. The molecule has 3 aromatic carbocycles. The van der Waals surface area contributed by atoms with Crippen molar-refractivity contribution in [2.24, 2.45) is 0 Å². The summed E-state index contributed by atoms with van der Waals surface area (Å²) in [7, 11) is -1.80. The van der Waals surface area contributed by atoms with Gasteiger partial charge in [-0.2, -0.15) is 0 Å². The first-order chi connectivity index (χ1) is 10.8. The highest BCUT2D eigenvalue weighted by Gasteiger charge is 2.32. The first kappa shape index (κ1) is 14.9. The zero-order valence-electron chi connectivity index (χ0n) is 12.6. The van der Waals surface area contributed by atoms with Crippen LogP contribution < -0.4 is 15.9 Å². The number of benzene rings is 3. The zero-order valence-corrected chi connectivity index (χ0v) is 13.5. The number of hydrogen-bond acceptors (Lipinski definition) is 0. The molecule has 0 aliphatic carbocycles. The molecule has 0 unspecified atom stereocenters. The molecule has 0 atom stereocenters. The lowest BCUT2D eigenvalue weighted by molar-refractivity contribution is 0.629. The topological polar surface area (TPSA) is 0 Å². The van der Waals surface area contributed by atoms with Crippen LogP contribution >= 0.6 is 7.26 Å². The normalized spacial score (nSPS) is 11.4. The molecule has 0 aliphatic heterocycles. The van der Waals surface area contributed by atoms with Crippen molar-refractivity contribution < 1.29 is 4.39 Å². The summed E-state index contributed by atoms with van der Waals surface area (Å²) >= 11 is 0. The van der Waals surface area contributed by atoms with E-state index >= 15 is 0 Å². The summed E-state index contributed by atoms with van der Waals surface area (Å²) in [4.78, 5) is 0. The van der Waals surface area contributed by atoms with Gasteiger partial charge in [-0.3, -0.25) is 0 Å². The van der Waals surface area contributed by atoms with Crippen molar-refractivity contribution in [2.45, 2.75) is 6.92 Å². The van der Waals surface area contributed by atoms with Crippen LogP contribution in [0.25, 0.3) is 0 Å². The third kappa shape index (κ3) is 2.58. The van der Waals surface area contributed by atoms with Crippen molar-refractivity contribution in [3.8, 4) is 0 Å². The van der Waals surface area contributed by atoms with E-state index in [2.05, 4.69) is 61.5 Å². The lowest BCUT2D eigenvalue weighted by Gasteiger charge is -2.37. The molecule has 0 saturated carbocycles. The molecule has 0 spiro atoms. The monoisotopic (exact) mass is 309 g/mol. The highest BCUT2D eigenvalue weighted by molar-refractivity contribution is 7.95. The second kappa shape index (κ2) is 6.42. The van der Waals surface area contributed by atoms with Gasteiger partial charge in [0.05, 0.1) is 0 Å². The maximum Gasteiger partial charge on any atom is 0.123 e. The Hall–Kier alpha value is -1.98. The van der Waals surface area contributed by atoms with Crippen LogP contribution in [0.15, 0.2) is 84.9 Å². The average molecular weight is 309 g/mol. The summed E-state index contributed by atoms with van der Waals surface area (Å²) in [5.74, 6) is -0.165. The van der Waals surface area contributed by atoms with Crippen molar-refractivity contribution in [2.75, 3.05) is 6.16 Å². The lowest BCUT2D eigenvalue weighted by Crippen LogP contribution is -2.32. The Labute approximate surface area is 132 Å². The van der Waals surface area contributed by atoms with E-state index in [0.717, 1.165) is 11.5 Å². The van der Waals surface area contributed by atoms with Gasteiger partial charge in [0, 0.05) is 0 Å². The van der Waals surface area contributed by atoms with Crippen molar-refractivity contribution in [3.05, 3.63) is 90.7 Å². The first-order valence-corrected chi connectivity index (χ1v) is 9.50. The fourth-order valence-corrected chi connectivity index (χ4v) is 7.11. The van der Waals surface area contributed by atoms with Crippen LogP contribution in [-0.4, -0.2) is 6.16 Å². The molecule has 22 heavy (non-hydrogen) atoms. The van der Waals surface area contributed by atoms with Gasteiger partial charge in [0.25, 0.3) is 0 Å². The molecular weight excluding hydrogens is 290 g/mol. The maximum atomic E-state index is 13.9. The maximum absolute atomic E-state index is 13.9. The van der Waals surface area contributed by atoms with Crippen molar-refractivity contribution in [1.82, 2.24) is 0 Å². The van der Waals surface area contributed by atoms with E-state index in [0.29, 0.717) is 0 Å². The van der Waals surface area contributed by atoms with E-state index in [1.54, 1.807) is 6.07 Å². The molecule has 0 N–H and O–H groups in total. The van der Waals surface area contributed by atoms with Gasteiger partial charge >= 0.3 is 0 Å². The Morgan fingerprint density at radius 2 is 1.18 bits per heavy atom. The van der Waals surface area contributed by atoms with Gasteiger partial charge in [-0.25, -0.2) is 4.39 Å². The molecular formula is C20H19FP. The van der Waals surface area contributed by atoms with E-state index in [1.807, 2.05) is 18.2 Å². The molecule has 3 aromatic rings. The Bertz CT molecular complexity index is 698. The molecule has 0 bridgehead atoms. The Balaban J connectivity index is 2.31. The summed E-state index contributed by atoms with van der Waals surface area (Å²) in [5.41, 5.74) is 0. The highest BCUT2D eigenvalue weighted by atomic mass is 31.2. The van der Waals surface area contributed by atoms with Crippen LogP contribution in [0.1, 0.15) is 6.92 Å². The molecule has 0 saturated heterocycles. The third-order valence-corrected chi connectivity index (χ3v) is 8.59. The zero-order chi connectivity index (χ0) is 15.4. The molecule has 0 heterocycles. The van der Waals surface area contributed by atoms with Gasteiger partial charge in [-0.1, -0.05) is 79.7 Å². The fraction of sp³-hybridized carbons (Fsp3) is 0.100. The van der Waals surface area contributed by atoms with E-state index in [1.165, 1.54) is 16.7 Å². The standard InChI is InChI=1S/C20H19FP/c1-2-22(18-11-5-3-6-12-18,19-13-7-4-8-14-19)20-15-9-10-17(21)16-20/h3-16H,2H2,1H3. The van der Waals surface area contributed by atoms with Crippen LogP contribution in [0, 0.1) is 5.82 Å². The van der Waals surface area contributed by atoms with Gasteiger partial charge in [0.15, 0.2) is 0 Å². The minimum absolute atomic E-state index is 0.165. The molecule has 0 aromatic heterocycles. The van der Waals surface area contributed by atoms with Crippen molar-refractivity contribution >= 4 is 23.2 Å². The first-order valence-electron chi connectivity index (χ1n) is 7.53. The van der Waals surface area contributed by atoms with E-state index in [9.17, 15) is 4.39 Å². The minimum atomic E-state index is -1.80. The Kier molecular flexibility index (Phi) is 4.36. The van der Waals surface area contributed by atoms with Gasteiger partial charge in [0.2, 0.25) is 0 Å². The fourth-order valence-electron chi connectivity index (χ4n) is 3.07. The van der Waals surface area contributed by atoms with E-state index in [4.69, 9.17) is 0 Å². The predicted octanol–water partition coefficient (Wildman–Crippen LogP) is 4.14. The average Bonchev–Trinajstić information content (AvgIpc) is 2.58. The highest BCUT2D eigenvalue weighted by Crippen LogP contribution is 2.54. The van der Waals surface area contributed by atoms with Gasteiger partial charge in [-0.15, -0.1) is 0 Å². The second-order valence-corrected chi connectivity index (χ2v) is 9.08. The SMILES string of the molecule is CC[P](c1ccccc1)(c1ccccc1)c1cccc(F)c1. The van der Waals surface area contributed by atoms with Gasteiger partial charge in [-0.05, 0) is 41.5 Å². The minimum Gasteiger partial charge on any atom is -0.207 e. The van der Waals surface area contributed by atoms with E-state index < -0.39 is 7.26 Å². The lowest BCUT2D eigenvalue weighted by atomic mass is 10.3. The van der Waals surface area contributed by atoms with Crippen LogP contribution in [-0.2, 0) is 0 Å². The summed E-state index contributed by atoms with van der Waals surface area (Å²) in [6.07, 6.45) is 0.977. The third-order valence-electron chi connectivity index (χ3n) is 4.12. The summed E-state index contributed by atoms with van der Waals surface area (Å²) in [6, 6.07) is 28.2. The molecule has 2 heteroatoms. The van der Waals surface area contributed by atoms with Gasteiger partial charge in [0.1, 0.15) is 5.82 Å². The van der Waals surface area contributed by atoms with Gasteiger partial charge < -0.3 is 0 Å². The number of rotatable bonds is 4. The molecule has 1 radical (unpaired) electrons.